The summed E-state index contributed by atoms with van der Waals surface area (Å²) < 4.78 is 0. The van der Waals surface area contributed by atoms with Crippen molar-refractivity contribution in [2.45, 2.75) is 44.6 Å². The quantitative estimate of drug-likeness (QED) is 0.864. The lowest BCUT2D eigenvalue weighted by Gasteiger charge is -2.30. The molecule has 3 N–H and O–H groups in total. The van der Waals surface area contributed by atoms with Crippen LogP contribution in [0.3, 0.4) is 0 Å². The van der Waals surface area contributed by atoms with Crippen LogP contribution in [-0.2, 0) is 4.79 Å². The highest BCUT2D eigenvalue weighted by atomic mass is 16.2. The number of hydrogen-bond donors (Lipinski definition) is 2. The van der Waals surface area contributed by atoms with E-state index in [2.05, 4.69) is 5.32 Å². The van der Waals surface area contributed by atoms with Crippen molar-refractivity contribution in [3.05, 3.63) is 35.9 Å². The van der Waals surface area contributed by atoms with Crippen molar-refractivity contribution in [1.29, 1.82) is 0 Å². The minimum atomic E-state index is -0.353. The first-order valence-corrected chi connectivity index (χ1v) is 7.31. The number of primary amides is 1. The molecule has 0 saturated heterocycles. The maximum absolute atomic E-state index is 12.2. The van der Waals surface area contributed by atoms with Crippen LogP contribution >= 0.6 is 0 Å². The average Bonchev–Trinajstić information content (AvgIpc) is 2.48. The van der Waals surface area contributed by atoms with Crippen LogP contribution < -0.4 is 11.1 Å². The topological polar surface area (TPSA) is 72.2 Å². The Labute approximate surface area is 119 Å². The van der Waals surface area contributed by atoms with E-state index in [9.17, 15) is 9.59 Å². The SMILES string of the molecule is NC(=O)CC(NC(=O)c1ccccc1)C1CCCCC1. The second-order valence-electron chi connectivity index (χ2n) is 5.51. The van der Waals surface area contributed by atoms with E-state index >= 15 is 0 Å². The number of nitrogens with one attached hydrogen (secondary N) is 1. The third-order valence-electron chi connectivity index (χ3n) is 3.99. The number of amides is 2. The van der Waals surface area contributed by atoms with Crippen molar-refractivity contribution in [3.8, 4) is 0 Å². The Morgan fingerprint density at radius 3 is 2.40 bits per heavy atom. The molecule has 2 rings (SSSR count). The van der Waals surface area contributed by atoms with Crippen molar-refractivity contribution in [2.75, 3.05) is 0 Å². The van der Waals surface area contributed by atoms with Crippen LogP contribution in [0, 0.1) is 5.92 Å². The van der Waals surface area contributed by atoms with Crippen LogP contribution in [0.2, 0.25) is 0 Å². The summed E-state index contributed by atoms with van der Waals surface area (Å²) in [7, 11) is 0. The number of rotatable bonds is 5. The van der Waals surface area contributed by atoms with E-state index in [4.69, 9.17) is 5.73 Å². The summed E-state index contributed by atoms with van der Waals surface area (Å²) in [4.78, 5) is 23.5. The van der Waals surface area contributed by atoms with E-state index in [1.165, 1.54) is 19.3 Å². The van der Waals surface area contributed by atoms with Crippen molar-refractivity contribution >= 4 is 11.8 Å². The predicted octanol–water partition coefficient (Wildman–Crippen LogP) is 2.24. The molecule has 20 heavy (non-hydrogen) atoms. The summed E-state index contributed by atoms with van der Waals surface area (Å²) in [6.07, 6.45) is 5.93. The van der Waals surface area contributed by atoms with Gasteiger partial charge in [-0.2, -0.15) is 0 Å². The fourth-order valence-electron chi connectivity index (χ4n) is 2.93. The number of carbonyl (C=O) groups is 2. The highest BCUT2D eigenvalue weighted by Gasteiger charge is 2.26. The third-order valence-corrected chi connectivity index (χ3v) is 3.99. The van der Waals surface area contributed by atoms with Gasteiger partial charge in [-0.05, 0) is 30.9 Å². The van der Waals surface area contributed by atoms with Gasteiger partial charge in [-0.1, -0.05) is 37.5 Å². The zero-order valence-corrected chi connectivity index (χ0v) is 11.7. The molecule has 1 atom stereocenters. The Balaban J connectivity index is 2.03. The van der Waals surface area contributed by atoms with E-state index < -0.39 is 0 Å². The van der Waals surface area contributed by atoms with Crippen LogP contribution in [0.5, 0.6) is 0 Å². The molecule has 1 aliphatic rings. The fraction of sp³-hybridized carbons (Fsp3) is 0.500. The lowest BCUT2D eigenvalue weighted by molar-refractivity contribution is -0.118. The molecule has 4 nitrogen and oxygen atoms in total. The number of benzene rings is 1. The maximum atomic E-state index is 12.2. The van der Waals surface area contributed by atoms with Crippen LogP contribution in [0.15, 0.2) is 30.3 Å². The number of carbonyl (C=O) groups excluding carboxylic acids is 2. The Morgan fingerprint density at radius 2 is 1.80 bits per heavy atom. The third kappa shape index (κ3) is 4.08. The molecule has 0 spiro atoms. The summed E-state index contributed by atoms with van der Waals surface area (Å²) in [5.41, 5.74) is 5.95. The molecule has 0 aliphatic heterocycles. The second-order valence-corrected chi connectivity index (χ2v) is 5.51. The van der Waals surface area contributed by atoms with Crippen LogP contribution in [0.1, 0.15) is 48.9 Å². The molecule has 1 aromatic carbocycles. The zero-order valence-electron chi connectivity index (χ0n) is 11.7. The van der Waals surface area contributed by atoms with Crippen molar-refractivity contribution in [3.63, 3.8) is 0 Å². The smallest absolute Gasteiger partial charge is 0.251 e. The van der Waals surface area contributed by atoms with Crippen LogP contribution in [0.4, 0.5) is 0 Å². The maximum Gasteiger partial charge on any atom is 0.251 e. The van der Waals surface area contributed by atoms with Gasteiger partial charge in [0.2, 0.25) is 5.91 Å². The van der Waals surface area contributed by atoms with Gasteiger partial charge < -0.3 is 11.1 Å². The van der Waals surface area contributed by atoms with Crippen molar-refractivity contribution in [2.24, 2.45) is 11.7 Å². The zero-order chi connectivity index (χ0) is 14.4. The number of hydrogen-bond acceptors (Lipinski definition) is 2. The van der Waals surface area contributed by atoms with Gasteiger partial charge in [-0.25, -0.2) is 0 Å². The van der Waals surface area contributed by atoms with E-state index in [1.54, 1.807) is 12.1 Å². The Kier molecular flexibility index (Phi) is 5.16. The van der Waals surface area contributed by atoms with Crippen LogP contribution in [0.25, 0.3) is 0 Å². The van der Waals surface area contributed by atoms with E-state index in [1.807, 2.05) is 18.2 Å². The fourth-order valence-corrected chi connectivity index (χ4v) is 2.93. The largest absolute Gasteiger partial charge is 0.370 e. The minimum Gasteiger partial charge on any atom is -0.370 e. The predicted molar refractivity (Wildman–Crippen MR) is 78.1 cm³/mol. The number of nitrogens with two attached hydrogens (primary N) is 1. The Hall–Kier alpha value is -1.84. The van der Waals surface area contributed by atoms with Gasteiger partial charge in [0, 0.05) is 18.0 Å². The minimum absolute atomic E-state index is 0.123. The molecule has 2 amide bonds. The molecule has 0 radical (unpaired) electrons. The summed E-state index contributed by atoms with van der Waals surface area (Å²) in [5, 5.41) is 2.99. The molecule has 1 unspecified atom stereocenters. The highest BCUT2D eigenvalue weighted by molar-refractivity contribution is 5.94. The monoisotopic (exact) mass is 274 g/mol. The molecule has 1 aliphatic carbocycles. The van der Waals surface area contributed by atoms with Gasteiger partial charge >= 0.3 is 0 Å². The molecule has 1 aromatic rings. The molecule has 0 aromatic heterocycles. The van der Waals surface area contributed by atoms with Gasteiger partial charge in [0.15, 0.2) is 0 Å². The highest BCUT2D eigenvalue weighted by Crippen LogP contribution is 2.27. The Morgan fingerprint density at radius 1 is 1.15 bits per heavy atom. The van der Waals surface area contributed by atoms with Gasteiger partial charge in [0.25, 0.3) is 5.91 Å². The molecule has 4 heteroatoms. The summed E-state index contributed by atoms with van der Waals surface area (Å²) >= 11 is 0. The molecule has 0 heterocycles. The first-order chi connectivity index (χ1) is 9.66. The summed E-state index contributed by atoms with van der Waals surface area (Å²) in [5.74, 6) is -0.111. The molecular weight excluding hydrogens is 252 g/mol. The van der Waals surface area contributed by atoms with Gasteiger partial charge in [0.05, 0.1) is 0 Å². The first-order valence-electron chi connectivity index (χ1n) is 7.31. The molecule has 108 valence electrons. The lowest BCUT2D eigenvalue weighted by atomic mass is 9.82. The van der Waals surface area contributed by atoms with Crippen molar-refractivity contribution in [1.82, 2.24) is 5.32 Å². The molecule has 0 bridgehead atoms. The second kappa shape index (κ2) is 7.08. The van der Waals surface area contributed by atoms with Gasteiger partial charge in [-0.15, -0.1) is 0 Å². The Bertz CT molecular complexity index is 453. The first kappa shape index (κ1) is 14.6. The van der Waals surface area contributed by atoms with Crippen LogP contribution in [-0.4, -0.2) is 17.9 Å². The molecule has 1 fully saturated rings. The normalized spacial score (nSPS) is 17.4. The van der Waals surface area contributed by atoms with E-state index in [-0.39, 0.29) is 24.3 Å². The standard InChI is InChI=1S/C16H22N2O2/c17-15(19)11-14(12-7-3-1-4-8-12)18-16(20)13-9-5-2-6-10-13/h2,5-6,9-10,12,14H,1,3-4,7-8,11H2,(H2,17,19)(H,18,20). The summed E-state index contributed by atoms with van der Waals surface area (Å²) in [6.45, 7) is 0. The van der Waals surface area contributed by atoms with Gasteiger partial charge in [0.1, 0.15) is 0 Å². The van der Waals surface area contributed by atoms with Crippen molar-refractivity contribution < 1.29 is 9.59 Å². The molecule has 1 saturated carbocycles. The average molecular weight is 274 g/mol. The van der Waals surface area contributed by atoms with E-state index in [0.29, 0.717) is 11.5 Å². The van der Waals surface area contributed by atoms with E-state index in [0.717, 1.165) is 12.8 Å². The lowest BCUT2D eigenvalue weighted by Crippen LogP contribution is -2.43. The van der Waals surface area contributed by atoms with Gasteiger partial charge in [-0.3, -0.25) is 9.59 Å². The molecular formula is C16H22N2O2. The summed E-state index contributed by atoms with van der Waals surface area (Å²) in [6, 6.07) is 8.95.